The molecule has 0 aliphatic carbocycles. The van der Waals surface area contributed by atoms with E-state index in [-0.39, 0.29) is 65.8 Å². The molecule has 7 heterocycles. The number of para-hydroxylation sites is 1. The van der Waals surface area contributed by atoms with Crippen LogP contribution in [-0.4, -0.2) is 143 Å². The highest BCUT2D eigenvalue weighted by molar-refractivity contribution is 5.89. The van der Waals surface area contributed by atoms with E-state index in [1.54, 1.807) is 17.0 Å². The van der Waals surface area contributed by atoms with E-state index >= 15 is 0 Å². The zero-order valence-electron chi connectivity index (χ0n) is 27.4. The summed E-state index contributed by atoms with van der Waals surface area (Å²) < 4.78 is 5.46. The third-order valence-electron chi connectivity index (χ3n) is 11.8. The van der Waals surface area contributed by atoms with Crippen molar-refractivity contribution in [1.29, 1.82) is 0 Å². The van der Waals surface area contributed by atoms with Crippen molar-refractivity contribution in [3.63, 3.8) is 0 Å². The minimum absolute atomic E-state index is 0.0135. The Hall–Kier alpha value is -3.22. The van der Waals surface area contributed by atoms with Crippen LogP contribution in [0, 0.1) is 11.8 Å². The number of ether oxygens (including phenoxy) is 1. The Bertz CT molecular complexity index is 1330. The van der Waals surface area contributed by atoms with Gasteiger partial charge in [-0.15, -0.1) is 0 Å². The van der Waals surface area contributed by atoms with Gasteiger partial charge < -0.3 is 34.8 Å². The van der Waals surface area contributed by atoms with Crippen LogP contribution in [0.15, 0.2) is 24.3 Å². The summed E-state index contributed by atoms with van der Waals surface area (Å²) in [5.41, 5.74) is 0.752. The number of aromatic hydroxyl groups is 1. The van der Waals surface area contributed by atoms with Gasteiger partial charge in [-0.05, 0) is 63.0 Å². The topological polar surface area (TPSA) is 126 Å². The smallest absolute Gasteiger partial charge is 0.246 e. The van der Waals surface area contributed by atoms with Crippen LogP contribution >= 0.6 is 0 Å². The predicted molar refractivity (Wildman–Crippen MR) is 173 cm³/mol. The van der Waals surface area contributed by atoms with Crippen molar-refractivity contribution in [3.05, 3.63) is 29.8 Å². The minimum atomic E-state index is -0.635. The average Bonchev–Trinajstić information content (AvgIpc) is 3.76. The lowest BCUT2D eigenvalue weighted by Gasteiger charge is -2.43. The fraction of sp³-hybridized carbons (Fsp3) is 0.714. The highest BCUT2D eigenvalue weighted by atomic mass is 16.5. The van der Waals surface area contributed by atoms with Gasteiger partial charge in [0.15, 0.2) is 0 Å². The zero-order chi connectivity index (χ0) is 32.5. The number of nitrogens with one attached hydrogen (secondary N) is 1. The van der Waals surface area contributed by atoms with Crippen LogP contribution in [0.4, 0.5) is 0 Å². The molecule has 12 nitrogen and oxygen atoms in total. The summed E-state index contributed by atoms with van der Waals surface area (Å²) in [6.07, 6.45) is 5.37. The Morgan fingerprint density at radius 2 is 1.64 bits per heavy atom. The Kier molecular flexibility index (Phi) is 9.70. The second-order valence-corrected chi connectivity index (χ2v) is 14.4. The highest BCUT2D eigenvalue weighted by Crippen LogP contribution is 2.35. The molecule has 1 aromatic carbocycles. The fourth-order valence-electron chi connectivity index (χ4n) is 9.09. The molecule has 7 aliphatic heterocycles. The molecular weight excluding hydrogens is 600 g/mol. The number of morpholine rings is 1. The van der Waals surface area contributed by atoms with Gasteiger partial charge in [0.25, 0.3) is 0 Å². The summed E-state index contributed by atoms with van der Waals surface area (Å²) in [6.45, 7) is 6.32. The van der Waals surface area contributed by atoms with Gasteiger partial charge in [-0.1, -0.05) is 18.2 Å². The van der Waals surface area contributed by atoms with E-state index in [1.807, 2.05) is 26.8 Å². The van der Waals surface area contributed by atoms with Crippen molar-refractivity contribution >= 4 is 23.6 Å². The summed E-state index contributed by atoms with van der Waals surface area (Å²) in [4.78, 5) is 66.1. The highest BCUT2D eigenvalue weighted by Gasteiger charge is 2.47. The van der Waals surface area contributed by atoms with Gasteiger partial charge in [-0.25, -0.2) is 0 Å². The number of fused-ring (bicyclic) bond motifs is 3. The Labute approximate surface area is 277 Å². The number of rotatable bonds is 5. The fourth-order valence-corrected chi connectivity index (χ4v) is 9.09. The molecule has 5 atom stereocenters. The van der Waals surface area contributed by atoms with Gasteiger partial charge >= 0.3 is 0 Å². The number of phenolic OH excluding ortho intramolecular Hbond substituents is 1. The van der Waals surface area contributed by atoms with Crippen LogP contribution in [0.3, 0.4) is 0 Å². The summed E-state index contributed by atoms with van der Waals surface area (Å²) in [5, 5.41) is 13.9. The molecule has 0 aromatic heterocycles. The monoisotopic (exact) mass is 650 g/mol. The Morgan fingerprint density at radius 3 is 2.43 bits per heavy atom. The van der Waals surface area contributed by atoms with E-state index in [9.17, 15) is 24.3 Å². The van der Waals surface area contributed by atoms with Crippen LogP contribution in [0.2, 0.25) is 0 Å². The molecule has 0 spiro atoms. The van der Waals surface area contributed by atoms with Crippen LogP contribution < -0.4 is 5.32 Å². The maximum Gasteiger partial charge on any atom is 0.246 e. The average molecular weight is 651 g/mol. The second-order valence-electron chi connectivity index (χ2n) is 14.4. The number of hydrogen-bond acceptors (Lipinski definition) is 8. The molecule has 4 bridgehead atoms. The standard InChI is InChI=1S/C35H50N6O6/c42-30-6-2-1-4-25(30)22-36-28-10-15-41-32(44)21-26-23-39(12-7-24(26)20-31(43)37-16-18-47-19-17-37)34(45)29-5-3-11-40(29)27-8-13-38(14-9-27)35(46)33(28)41/h1-2,4,6,24,26-29,33,36,42H,3,5,7-23H2/t24-,26-,28+,29-,33-/m0/s1. The number of benzene rings is 1. The molecular formula is C35H50N6O6. The molecule has 12 heteroatoms. The van der Waals surface area contributed by atoms with Gasteiger partial charge in [-0.2, -0.15) is 0 Å². The van der Waals surface area contributed by atoms with Crippen LogP contribution in [0.25, 0.3) is 0 Å². The lowest BCUT2D eigenvalue weighted by atomic mass is 9.80. The number of piperidine rings is 2. The molecule has 2 N–H and O–H groups in total. The first kappa shape index (κ1) is 32.3. The molecule has 7 aliphatic rings. The first-order valence-electron chi connectivity index (χ1n) is 17.9. The van der Waals surface area contributed by atoms with E-state index in [2.05, 4.69) is 10.2 Å². The lowest BCUT2D eigenvalue weighted by Crippen LogP contribution is -2.57. The maximum absolute atomic E-state index is 14.3. The maximum atomic E-state index is 14.3. The largest absolute Gasteiger partial charge is 0.508 e. The molecule has 0 unspecified atom stereocenters. The minimum Gasteiger partial charge on any atom is -0.508 e. The summed E-state index contributed by atoms with van der Waals surface area (Å²) in [5.74, 6) is 0.194. The SMILES string of the molecule is O=C(C[C@@H]1CCN2C[C@@H]1CC(=O)N1CC[C@@H](NCc3ccccc3O)[C@H]1C(=O)N1CCC(CC1)N1CCC[C@H]1C2=O)N1CCOCC1. The van der Waals surface area contributed by atoms with Crippen molar-refractivity contribution in [2.75, 3.05) is 65.6 Å². The van der Waals surface area contributed by atoms with Crippen LogP contribution in [0.5, 0.6) is 5.75 Å². The van der Waals surface area contributed by atoms with Crippen molar-refractivity contribution in [2.45, 2.75) is 82.1 Å². The van der Waals surface area contributed by atoms with Gasteiger partial charge in [0.1, 0.15) is 11.8 Å². The Balaban J connectivity index is 1.15. The first-order valence-corrected chi connectivity index (χ1v) is 17.9. The van der Waals surface area contributed by atoms with Crippen molar-refractivity contribution in [3.8, 4) is 5.75 Å². The molecule has 0 radical (unpaired) electrons. The zero-order valence-corrected chi connectivity index (χ0v) is 27.4. The van der Waals surface area contributed by atoms with Gasteiger partial charge in [-0.3, -0.25) is 24.1 Å². The van der Waals surface area contributed by atoms with E-state index in [0.29, 0.717) is 84.8 Å². The van der Waals surface area contributed by atoms with Gasteiger partial charge in [0, 0.05) is 82.8 Å². The number of carbonyl (C=O) groups is 4. The molecule has 7 saturated heterocycles. The quantitative estimate of drug-likeness (QED) is 0.484. The summed E-state index contributed by atoms with van der Waals surface area (Å²) in [6, 6.07) is 6.42. The normalized spacial score (nSPS) is 32.3. The molecule has 0 saturated carbocycles. The lowest BCUT2D eigenvalue weighted by molar-refractivity contribution is -0.146. The Morgan fingerprint density at radius 1 is 0.872 bits per heavy atom. The van der Waals surface area contributed by atoms with E-state index in [4.69, 9.17) is 4.74 Å². The molecule has 1 aromatic rings. The van der Waals surface area contributed by atoms with Crippen molar-refractivity contribution in [1.82, 2.24) is 29.8 Å². The predicted octanol–water partition coefficient (Wildman–Crippen LogP) is 1.02. The number of carbonyl (C=O) groups excluding carboxylic acids is 4. The van der Waals surface area contributed by atoms with E-state index in [0.717, 1.165) is 37.8 Å². The van der Waals surface area contributed by atoms with E-state index in [1.165, 1.54) is 0 Å². The van der Waals surface area contributed by atoms with Gasteiger partial charge in [0.2, 0.25) is 23.6 Å². The van der Waals surface area contributed by atoms with Crippen LogP contribution in [0.1, 0.15) is 56.9 Å². The third kappa shape index (κ3) is 6.73. The van der Waals surface area contributed by atoms with Crippen molar-refractivity contribution < 1.29 is 29.0 Å². The second kappa shape index (κ2) is 14.1. The third-order valence-corrected chi connectivity index (χ3v) is 11.8. The molecule has 4 amide bonds. The molecule has 7 fully saturated rings. The molecule has 47 heavy (non-hydrogen) atoms. The van der Waals surface area contributed by atoms with Crippen LogP contribution in [-0.2, 0) is 30.5 Å². The summed E-state index contributed by atoms with van der Waals surface area (Å²) >= 11 is 0. The number of amides is 4. The number of nitrogens with zero attached hydrogens (tertiary/aromatic N) is 5. The molecule has 256 valence electrons. The first-order chi connectivity index (χ1) is 22.9. The van der Waals surface area contributed by atoms with E-state index < -0.39 is 6.04 Å². The summed E-state index contributed by atoms with van der Waals surface area (Å²) in [7, 11) is 0. The van der Waals surface area contributed by atoms with Crippen molar-refractivity contribution in [2.24, 2.45) is 11.8 Å². The molecule has 8 rings (SSSR count). The number of hydrogen-bond donors (Lipinski definition) is 2. The number of phenols is 1. The van der Waals surface area contributed by atoms with Gasteiger partial charge in [0.05, 0.1) is 19.3 Å².